The van der Waals surface area contributed by atoms with Gasteiger partial charge in [0.2, 0.25) is 0 Å². The SMILES string of the molecule is CSc1ccc(NCC(CCCCC(C)(C)Cc2ccccc2)CCC(C)(C)C)cc1. The molecule has 0 saturated carbocycles. The van der Waals surface area contributed by atoms with Crippen molar-refractivity contribution in [3.05, 3.63) is 60.2 Å². The zero-order valence-corrected chi connectivity index (χ0v) is 21.7. The molecule has 0 aliphatic carbocycles. The molecule has 2 aromatic carbocycles. The molecular weight excluding hydrogens is 394 g/mol. The maximum absolute atomic E-state index is 3.71. The standard InChI is InChI=1S/C29H45NS/c1-28(2,3)21-19-25(23-30-26-15-17-27(31-6)18-16-26)14-10-11-20-29(4,5)22-24-12-8-7-9-13-24/h7-9,12-13,15-18,25,30H,10-11,14,19-23H2,1-6H3. The number of nitrogens with one attached hydrogen (secondary N) is 1. The van der Waals surface area contributed by atoms with E-state index >= 15 is 0 Å². The maximum atomic E-state index is 3.71. The number of hydrogen-bond donors (Lipinski definition) is 1. The summed E-state index contributed by atoms with van der Waals surface area (Å²) in [5.74, 6) is 0.747. The van der Waals surface area contributed by atoms with Gasteiger partial charge in [0, 0.05) is 17.1 Å². The van der Waals surface area contributed by atoms with Crippen molar-refractivity contribution in [2.75, 3.05) is 18.1 Å². The molecule has 31 heavy (non-hydrogen) atoms. The van der Waals surface area contributed by atoms with E-state index in [2.05, 4.69) is 101 Å². The number of rotatable bonds is 13. The lowest BCUT2D eigenvalue weighted by molar-refractivity contribution is 0.294. The van der Waals surface area contributed by atoms with Crippen LogP contribution < -0.4 is 5.32 Å². The molecule has 172 valence electrons. The van der Waals surface area contributed by atoms with E-state index in [1.165, 1.54) is 61.1 Å². The first kappa shape index (κ1) is 25.8. The summed E-state index contributed by atoms with van der Waals surface area (Å²) in [4.78, 5) is 1.33. The van der Waals surface area contributed by atoms with Crippen LogP contribution in [0.2, 0.25) is 0 Å². The van der Waals surface area contributed by atoms with E-state index in [4.69, 9.17) is 0 Å². The van der Waals surface area contributed by atoms with Crippen molar-refractivity contribution in [1.29, 1.82) is 0 Å². The molecule has 2 heteroatoms. The molecule has 1 atom stereocenters. The summed E-state index contributed by atoms with van der Waals surface area (Å²) in [6, 6.07) is 19.8. The highest BCUT2D eigenvalue weighted by Gasteiger charge is 2.19. The number of thioether (sulfide) groups is 1. The lowest BCUT2D eigenvalue weighted by atomic mass is 9.80. The zero-order chi connectivity index (χ0) is 22.7. The summed E-state index contributed by atoms with van der Waals surface area (Å²) >= 11 is 1.80. The molecule has 0 radical (unpaired) electrons. The van der Waals surface area contributed by atoms with E-state index in [9.17, 15) is 0 Å². The van der Waals surface area contributed by atoms with Gasteiger partial charge in [0.1, 0.15) is 0 Å². The Balaban J connectivity index is 1.80. The molecule has 0 aliphatic heterocycles. The van der Waals surface area contributed by atoms with Crippen LogP contribution in [0.25, 0.3) is 0 Å². The Morgan fingerprint density at radius 2 is 1.48 bits per heavy atom. The third-order valence-electron chi connectivity index (χ3n) is 6.23. The van der Waals surface area contributed by atoms with Gasteiger partial charge in [-0.15, -0.1) is 11.8 Å². The Bertz CT molecular complexity index is 728. The predicted octanol–water partition coefficient (Wildman–Crippen LogP) is 9.09. The summed E-state index contributed by atoms with van der Waals surface area (Å²) in [7, 11) is 0. The highest BCUT2D eigenvalue weighted by Crippen LogP contribution is 2.30. The molecule has 1 N–H and O–H groups in total. The monoisotopic (exact) mass is 439 g/mol. The average Bonchev–Trinajstić information content (AvgIpc) is 2.72. The van der Waals surface area contributed by atoms with Gasteiger partial charge in [0.25, 0.3) is 0 Å². The van der Waals surface area contributed by atoms with Gasteiger partial charge in [0.15, 0.2) is 0 Å². The number of hydrogen-bond acceptors (Lipinski definition) is 2. The molecule has 0 fully saturated rings. The lowest BCUT2D eigenvalue weighted by Crippen LogP contribution is -2.18. The van der Waals surface area contributed by atoms with Gasteiger partial charge >= 0.3 is 0 Å². The fraction of sp³-hybridized carbons (Fsp3) is 0.586. The number of benzene rings is 2. The van der Waals surface area contributed by atoms with Crippen LogP contribution in [0.3, 0.4) is 0 Å². The van der Waals surface area contributed by atoms with Crippen LogP contribution >= 0.6 is 11.8 Å². The quantitative estimate of drug-likeness (QED) is 0.247. The van der Waals surface area contributed by atoms with Crippen LogP contribution in [-0.2, 0) is 6.42 Å². The van der Waals surface area contributed by atoms with Crippen molar-refractivity contribution in [3.8, 4) is 0 Å². The Labute approximate surface area is 196 Å². The van der Waals surface area contributed by atoms with Crippen LogP contribution in [0.1, 0.15) is 78.7 Å². The van der Waals surface area contributed by atoms with E-state index < -0.39 is 0 Å². The van der Waals surface area contributed by atoms with Gasteiger partial charge in [0.05, 0.1) is 0 Å². The van der Waals surface area contributed by atoms with Crippen molar-refractivity contribution in [3.63, 3.8) is 0 Å². The van der Waals surface area contributed by atoms with Crippen molar-refractivity contribution in [2.45, 2.75) is 84.5 Å². The largest absolute Gasteiger partial charge is 0.385 e. The second-order valence-corrected chi connectivity index (χ2v) is 12.0. The van der Waals surface area contributed by atoms with E-state index in [0.29, 0.717) is 10.8 Å². The first-order valence-corrected chi connectivity index (χ1v) is 13.3. The molecule has 0 bridgehead atoms. The Morgan fingerprint density at radius 3 is 2.10 bits per heavy atom. The van der Waals surface area contributed by atoms with Gasteiger partial charge in [-0.05, 0) is 84.9 Å². The summed E-state index contributed by atoms with van der Waals surface area (Å²) in [5.41, 5.74) is 3.50. The smallest absolute Gasteiger partial charge is 0.0341 e. The van der Waals surface area contributed by atoms with Crippen molar-refractivity contribution in [2.24, 2.45) is 16.7 Å². The zero-order valence-electron chi connectivity index (χ0n) is 20.8. The minimum atomic E-state index is 0.375. The fourth-order valence-corrected chi connectivity index (χ4v) is 4.64. The van der Waals surface area contributed by atoms with E-state index in [-0.39, 0.29) is 0 Å². The predicted molar refractivity (Wildman–Crippen MR) is 141 cm³/mol. The van der Waals surface area contributed by atoms with Gasteiger partial charge in [-0.3, -0.25) is 0 Å². The molecular formula is C29H45NS. The molecule has 0 aliphatic rings. The maximum Gasteiger partial charge on any atom is 0.0341 e. The van der Waals surface area contributed by atoms with Crippen molar-refractivity contribution >= 4 is 17.4 Å². The molecule has 0 heterocycles. The van der Waals surface area contributed by atoms with Crippen LogP contribution in [-0.4, -0.2) is 12.8 Å². The third-order valence-corrected chi connectivity index (χ3v) is 6.97. The molecule has 0 saturated heterocycles. The summed E-state index contributed by atoms with van der Waals surface area (Å²) in [6.07, 6.45) is 11.2. The normalized spacial score (nSPS) is 13.2. The van der Waals surface area contributed by atoms with Crippen LogP contribution in [0.15, 0.2) is 59.5 Å². The van der Waals surface area contributed by atoms with Gasteiger partial charge < -0.3 is 5.32 Å². The minimum Gasteiger partial charge on any atom is -0.385 e. The van der Waals surface area contributed by atoms with E-state index in [1.54, 1.807) is 11.8 Å². The summed E-state index contributed by atoms with van der Waals surface area (Å²) in [6.45, 7) is 13.0. The first-order chi connectivity index (χ1) is 14.7. The molecule has 1 nitrogen and oxygen atoms in total. The third kappa shape index (κ3) is 11.1. The van der Waals surface area contributed by atoms with Crippen LogP contribution in [0.5, 0.6) is 0 Å². The molecule has 0 spiro atoms. The highest BCUT2D eigenvalue weighted by atomic mass is 32.2. The fourth-order valence-electron chi connectivity index (χ4n) is 4.23. The van der Waals surface area contributed by atoms with Gasteiger partial charge in [-0.25, -0.2) is 0 Å². The van der Waals surface area contributed by atoms with Crippen molar-refractivity contribution < 1.29 is 0 Å². The molecule has 2 aromatic rings. The van der Waals surface area contributed by atoms with Crippen LogP contribution in [0, 0.1) is 16.7 Å². The second-order valence-electron chi connectivity index (χ2n) is 11.1. The summed E-state index contributed by atoms with van der Waals surface area (Å²) < 4.78 is 0. The number of anilines is 1. The molecule has 0 amide bonds. The highest BCUT2D eigenvalue weighted by molar-refractivity contribution is 7.98. The van der Waals surface area contributed by atoms with Crippen molar-refractivity contribution in [1.82, 2.24) is 0 Å². The minimum absolute atomic E-state index is 0.375. The second kappa shape index (κ2) is 12.6. The van der Waals surface area contributed by atoms with Gasteiger partial charge in [-0.1, -0.05) is 77.8 Å². The summed E-state index contributed by atoms with van der Waals surface area (Å²) in [5, 5.41) is 3.71. The van der Waals surface area contributed by atoms with E-state index in [0.717, 1.165) is 12.5 Å². The average molecular weight is 440 g/mol. The molecule has 1 unspecified atom stereocenters. The lowest BCUT2D eigenvalue weighted by Gasteiger charge is -2.26. The molecule has 0 aromatic heterocycles. The number of unbranched alkanes of at least 4 members (excludes halogenated alkanes) is 1. The topological polar surface area (TPSA) is 12.0 Å². The van der Waals surface area contributed by atoms with Crippen LogP contribution in [0.4, 0.5) is 5.69 Å². The first-order valence-electron chi connectivity index (χ1n) is 12.1. The van der Waals surface area contributed by atoms with Gasteiger partial charge in [-0.2, -0.15) is 0 Å². The van der Waals surface area contributed by atoms with E-state index in [1.807, 2.05) is 0 Å². The molecule has 2 rings (SSSR count). The Hall–Kier alpha value is -1.41. The Morgan fingerprint density at radius 1 is 0.806 bits per heavy atom. The Kier molecular flexibility index (Phi) is 10.5.